The Morgan fingerprint density at radius 1 is 1.12 bits per heavy atom. The van der Waals surface area contributed by atoms with Crippen molar-refractivity contribution in [2.24, 2.45) is 0 Å². The summed E-state index contributed by atoms with van der Waals surface area (Å²) in [5.74, 6) is 0.628. The number of thiazole rings is 1. The molecule has 128 valence electrons. The average molecular weight is 374 g/mol. The Bertz CT molecular complexity index is 890. The molecule has 0 aliphatic heterocycles. The van der Waals surface area contributed by atoms with E-state index in [1.54, 1.807) is 31.2 Å². The molecule has 6 heteroatoms. The molecular weight excluding hydrogens is 358 g/mol. The molecular formula is C19H16ClNO3S. The fourth-order valence-electron chi connectivity index (χ4n) is 2.16. The van der Waals surface area contributed by atoms with Crippen LogP contribution in [0.2, 0.25) is 5.02 Å². The number of carbonyl (C=O) groups is 1. The van der Waals surface area contributed by atoms with Crippen molar-refractivity contribution in [2.45, 2.75) is 20.5 Å². The predicted octanol–water partition coefficient (Wildman–Crippen LogP) is 5.21. The Hall–Kier alpha value is -2.37. The van der Waals surface area contributed by atoms with Crippen LogP contribution in [0, 0.1) is 13.8 Å². The maximum atomic E-state index is 12.4. The Balaban J connectivity index is 1.68. The van der Waals surface area contributed by atoms with Crippen LogP contribution in [0.1, 0.15) is 25.9 Å². The first kappa shape index (κ1) is 17.5. The normalized spacial score (nSPS) is 10.5. The highest BCUT2D eigenvalue weighted by Gasteiger charge is 2.18. The summed E-state index contributed by atoms with van der Waals surface area (Å²) in [6.07, 6.45) is 0. The van der Waals surface area contributed by atoms with Gasteiger partial charge < -0.3 is 9.47 Å². The second-order valence-corrected chi connectivity index (χ2v) is 6.93. The lowest BCUT2D eigenvalue weighted by atomic mass is 10.2. The number of aryl methyl sites for hydroxylation is 2. The Morgan fingerprint density at radius 3 is 2.56 bits per heavy atom. The highest BCUT2D eigenvalue weighted by Crippen LogP contribution is 2.26. The number of nitrogens with zero attached hydrogens (tertiary/aromatic N) is 1. The molecule has 3 rings (SSSR count). The molecule has 0 saturated carbocycles. The van der Waals surface area contributed by atoms with E-state index in [1.165, 1.54) is 16.9 Å². The number of rotatable bonds is 5. The van der Waals surface area contributed by atoms with Crippen molar-refractivity contribution in [3.63, 3.8) is 0 Å². The van der Waals surface area contributed by atoms with Gasteiger partial charge in [0.05, 0.1) is 10.7 Å². The number of carbonyl (C=O) groups excluding carboxylic acids is 1. The van der Waals surface area contributed by atoms with Gasteiger partial charge in [0.15, 0.2) is 0 Å². The lowest BCUT2D eigenvalue weighted by Gasteiger charge is -2.04. The molecule has 0 amide bonds. The van der Waals surface area contributed by atoms with Crippen molar-refractivity contribution < 1.29 is 14.3 Å². The summed E-state index contributed by atoms with van der Waals surface area (Å²) in [4.78, 5) is 17.2. The smallest absolute Gasteiger partial charge is 0.355 e. The standard InChI is InChI=1S/C19H16ClNO3S/c1-12-7-9-14(10-8-12)23-11-17-21-13(2)18(25-17)19(22)24-16-6-4-3-5-15(16)20/h3-10H,11H2,1-2H3. The molecule has 0 unspecified atom stereocenters. The van der Waals surface area contributed by atoms with Crippen LogP contribution >= 0.6 is 22.9 Å². The topological polar surface area (TPSA) is 48.4 Å². The van der Waals surface area contributed by atoms with Gasteiger partial charge in [0, 0.05) is 0 Å². The Labute approximate surface area is 155 Å². The molecule has 4 nitrogen and oxygen atoms in total. The van der Waals surface area contributed by atoms with Crippen molar-refractivity contribution >= 4 is 28.9 Å². The lowest BCUT2D eigenvalue weighted by Crippen LogP contribution is -2.08. The van der Waals surface area contributed by atoms with E-state index in [9.17, 15) is 4.79 Å². The maximum absolute atomic E-state index is 12.4. The summed E-state index contributed by atoms with van der Waals surface area (Å²) in [5, 5.41) is 1.10. The zero-order valence-electron chi connectivity index (χ0n) is 13.8. The zero-order valence-corrected chi connectivity index (χ0v) is 15.4. The van der Waals surface area contributed by atoms with Gasteiger partial charge in [0.25, 0.3) is 0 Å². The molecule has 2 aromatic carbocycles. The van der Waals surface area contributed by atoms with Gasteiger partial charge in [-0.2, -0.15) is 0 Å². The Kier molecular flexibility index (Phi) is 5.36. The molecule has 0 saturated heterocycles. The van der Waals surface area contributed by atoms with E-state index < -0.39 is 5.97 Å². The minimum absolute atomic E-state index is 0.300. The minimum Gasteiger partial charge on any atom is -0.486 e. The number of aromatic nitrogens is 1. The van der Waals surface area contributed by atoms with Crippen LogP contribution in [0.25, 0.3) is 0 Å². The van der Waals surface area contributed by atoms with E-state index in [-0.39, 0.29) is 0 Å². The first-order chi connectivity index (χ1) is 12.0. The molecule has 0 radical (unpaired) electrons. The van der Waals surface area contributed by atoms with E-state index in [4.69, 9.17) is 21.1 Å². The highest BCUT2D eigenvalue weighted by molar-refractivity contribution is 7.13. The number of benzene rings is 2. The molecule has 0 bridgehead atoms. The van der Waals surface area contributed by atoms with E-state index in [1.807, 2.05) is 31.2 Å². The summed E-state index contributed by atoms with van der Waals surface area (Å²) in [6, 6.07) is 14.6. The van der Waals surface area contributed by atoms with Crippen molar-refractivity contribution in [1.29, 1.82) is 0 Å². The summed E-state index contributed by atoms with van der Waals surface area (Å²) in [6.45, 7) is 4.09. The third-order valence-corrected chi connectivity index (χ3v) is 4.87. The van der Waals surface area contributed by atoms with E-state index in [2.05, 4.69) is 4.98 Å². The SMILES string of the molecule is Cc1ccc(OCc2nc(C)c(C(=O)Oc3ccccc3Cl)s2)cc1. The Morgan fingerprint density at radius 2 is 1.84 bits per heavy atom. The molecule has 0 spiro atoms. The van der Waals surface area contributed by atoms with Crippen molar-refractivity contribution in [2.75, 3.05) is 0 Å². The number of hydrogen-bond acceptors (Lipinski definition) is 5. The van der Waals surface area contributed by atoms with Gasteiger partial charge in [0.1, 0.15) is 28.0 Å². The molecule has 0 N–H and O–H groups in total. The van der Waals surface area contributed by atoms with Gasteiger partial charge in [-0.1, -0.05) is 41.4 Å². The largest absolute Gasteiger partial charge is 0.486 e. The monoisotopic (exact) mass is 373 g/mol. The molecule has 0 aliphatic rings. The van der Waals surface area contributed by atoms with Crippen LogP contribution in [0.5, 0.6) is 11.5 Å². The second-order valence-electron chi connectivity index (χ2n) is 5.44. The van der Waals surface area contributed by atoms with Crippen LogP contribution in [0.3, 0.4) is 0 Å². The van der Waals surface area contributed by atoms with Crippen LogP contribution in [-0.4, -0.2) is 11.0 Å². The third kappa shape index (κ3) is 4.38. The fourth-order valence-corrected chi connectivity index (χ4v) is 3.19. The molecule has 25 heavy (non-hydrogen) atoms. The molecule has 3 aromatic rings. The molecule has 0 atom stereocenters. The first-order valence-corrected chi connectivity index (χ1v) is 8.85. The summed E-state index contributed by atoms with van der Waals surface area (Å²) in [5.41, 5.74) is 1.78. The number of para-hydroxylation sites is 1. The average Bonchev–Trinajstić information content (AvgIpc) is 2.97. The predicted molar refractivity (Wildman–Crippen MR) is 98.8 cm³/mol. The van der Waals surface area contributed by atoms with Crippen molar-refractivity contribution in [3.8, 4) is 11.5 Å². The maximum Gasteiger partial charge on any atom is 0.355 e. The van der Waals surface area contributed by atoms with E-state index >= 15 is 0 Å². The van der Waals surface area contributed by atoms with Crippen LogP contribution in [0.15, 0.2) is 48.5 Å². The molecule has 1 heterocycles. The van der Waals surface area contributed by atoms with Crippen LogP contribution in [0.4, 0.5) is 0 Å². The second kappa shape index (κ2) is 7.68. The van der Waals surface area contributed by atoms with Gasteiger partial charge in [-0.15, -0.1) is 11.3 Å². The van der Waals surface area contributed by atoms with Crippen molar-refractivity contribution in [3.05, 3.63) is 74.7 Å². The highest BCUT2D eigenvalue weighted by atomic mass is 35.5. The molecule has 0 aliphatic carbocycles. The number of halogens is 1. The minimum atomic E-state index is -0.468. The number of esters is 1. The summed E-state index contributed by atoms with van der Waals surface area (Å²) < 4.78 is 11.1. The molecule has 1 aromatic heterocycles. The third-order valence-electron chi connectivity index (χ3n) is 3.45. The fraction of sp³-hybridized carbons (Fsp3) is 0.158. The quantitative estimate of drug-likeness (QED) is 0.455. The van der Waals surface area contributed by atoms with Crippen molar-refractivity contribution in [1.82, 2.24) is 4.98 Å². The first-order valence-electron chi connectivity index (χ1n) is 7.65. The summed E-state index contributed by atoms with van der Waals surface area (Å²) in [7, 11) is 0. The van der Waals surface area contributed by atoms with Gasteiger partial charge in [0.2, 0.25) is 0 Å². The lowest BCUT2D eigenvalue weighted by molar-refractivity contribution is 0.0739. The van der Waals surface area contributed by atoms with Gasteiger partial charge in [-0.25, -0.2) is 9.78 Å². The number of hydrogen-bond donors (Lipinski definition) is 0. The molecule has 0 fully saturated rings. The van der Waals surface area contributed by atoms with E-state index in [0.29, 0.717) is 33.0 Å². The summed E-state index contributed by atoms with van der Waals surface area (Å²) >= 11 is 7.28. The van der Waals surface area contributed by atoms with Gasteiger partial charge >= 0.3 is 5.97 Å². The van der Waals surface area contributed by atoms with Crippen LogP contribution < -0.4 is 9.47 Å². The van der Waals surface area contributed by atoms with Crippen LogP contribution in [-0.2, 0) is 6.61 Å². The van der Waals surface area contributed by atoms with Gasteiger partial charge in [-0.3, -0.25) is 0 Å². The van der Waals surface area contributed by atoms with Gasteiger partial charge in [-0.05, 0) is 38.1 Å². The van der Waals surface area contributed by atoms with E-state index in [0.717, 1.165) is 5.75 Å². The zero-order chi connectivity index (χ0) is 17.8. The number of ether oxygens (including phenoxy) is 2.